The van der Waals surface area contributed by atoms with Gasteiger partial charge in [0, 0.05) is 20.1 Å². The SMILES string of the molecule is Cc1cc(CN(C)C(=O)[C@H]2COCCN2)cc(C)c1OCC(F)(F)F. The van der Waals surface area contributed by atoms with Crippen LogP contribution < -0.4 is 10.1 Å². The van der Waals surface area contributed by atoms with Crippen molar-refractivity contribution in [1.29, 1.82) is 0 Å². The molecular weight excluding hydrogens is 337 g/mol. The molecule has 1 atom stereocenters. The Kier molecular flexibility index (Phi) is 6.29. The van der Waals surface area contributed by atoms with Gasteiger partial charge in [-0.2, -0.15) is 13.2 Å². The van der Waals surface area contributed by atoms with Gasteiger partial charge in [0.15, 0.2) is 6.61 Å². The van der Waals surface area contributed by atoms with Gasteiger partial charge in [0.05, 0.1) is 13.2 Å². The van der Waals surface area contributed by atoms with Crippen LogP contribution in [0, 0.1) is 13.8 Å². The normalized spacial score (nSPS) is 18.1. The lowest BCUT2D eigenvalue weighted by Crippen LogP contribution is -2.51. The number of carbonyl (C=O) groups is 1. The molecule has 1 heterocycles. The Hall–Kier alpha value is -1.80. The van der Waals surface area contributed by atoms with E-state index in [4.69, 9.17) is 9.47 Å². The Labute approximate surface area is 145 Å². The van der Waals surface area contributed by atoms with Crippen LogP contribution in [0.25, 0.3) is 0 Å². The average Bonchev–Trinajstić information content (AvgIpc) is 2.53. The fourth-order valence-corrected chi connectivity index (χ4v) is 2.85. The first-order chi connectivity index (χ1) is 11.7. The number of halogens is 3. The number of benzene rings is 1. The highest BCUT2D eigenvalue weighted by Crippen LogP contribution is 2.27. The minimum absolute atomic E-state index is 0.0765. The zero-order chi connectivity index (χ0) is 18.6. The molecule has 1 aliphatic rings. The Morgan fingerprint density at radius 1 is 1.36 bits per heavy atom. The van der Waals surface area contributed by atoms with Gasteiger partial charge in [0.1, 0.15) is 11.8 Å². The number of morpholine rings is 1. The Bertz CT molecular complexity index is 591. The van der Waals surface area contributed by atoms with E-state index in [0.29, 0.717) is 37.4 Å². The lowest BCUT2D eigenvalue weighted by Gasteiger charge is -2.28. The summed E-state index contributed by atoms with van der Waals surface area (Å²) in [6, 6.07) is 3.12. The number of hydrogen-bond acceptors (Lipinski definition) is 4. The number of aryl methyl sites for hydroxylation is 2. The molecule has 8 heteroatoms. The van der Waals surface area contributed by atoms with Gasteiger partial charge in [-0.3, -0.25) is 4.79 Å². The molecule has 1 N–H and O–H groups in total. The summed E-state index contributed by atoms with van der Waals surface area (Å²) in [6.45, 7) is 3.99. The van der Waals surface area contributed by atoms with Crippen molar-refractivity contribution < 1.29 is 27.4 Å². The zero-order valence-corrected chi connectivity index (χ0v) is 14.6. The monoisotopic (exact) mass is 360 g/mol. The third-order valence-corrected chi connectivity index (χ3v) is 3.92. The van der Waals surface area contributed by atoms with Crippen molar-refractivity contribution in [2.24, 2.45) is 0 Å². The minimum atomic E-state index is -4.38. The number of rotatable bonds is 5. The van der Waals surface area contributed by atoms with E-state index in [-0.39, 0.29) is 17.7 Å². The molecule has 0 saturated carbocycles. The second-order valence-corrected chi connectivity index (χ2v) is 6.24. The minimum Gasteiger partial charge on any atom is -0.484 e. The van der Waals surface area contributed by atoms with E-state index in [0.717, 1.165) is 5.56 Å². The number of nitrogens with zero attached hydrogens (tertiary/aromatic N) is 1. The van der Waals surface area contributed by atoms with E-state index in [9.17, 15) is 18.0 Å². The number of likely N-dealkylation sites (N-methyl/N-ethyl adjacent to an activating group) is 1. The molecule has 1 fully saturated rings. The van der Waals surface area contributed by atoms with Crippen molar-refractivity contribution >= 4 is 5.91 Å². The molecule has 0 aromatic heterocycles. The predicted molar refractivity (Wildman–Crippen MR) is 86.5 cm³/mol. The number of ether oxygens (including phenoxy) is 2. The van der Waals surface area contributed by atoms with Gasteiger partial charge in [0.25, 0.3) is 0 Å². The number of amides is 1. The molecule has 1 aromatic rings. The molecule has 0 aliphatic carbocycles. The Morgan fingerprint density at radius 3 is 2.52 bits per heavy atom. The van der Waals surface area contributed by atoms with Gasteiger partial charge < -0.3 is 19.7 Å². The zero-order valence-electron chi connectivity index (χ0n) is 14.6. The summed E-state index contributed by atoms with van der Waals surface area (Å²) in [4.78, 5) is 14.0. The van der Waals surface area contributed by atoms with Crippen molar-refractivity contribution in [3.63, 3.8) is 0 Å². The largest absolute Gasteiger partial charge is 0.484 e. The molecule has 25 heavy (non-hydrogen) atoms. The number of alkyl halides is 3. The van der Waals surface area contributed by atoms with Crippen LogP contribution in [-0.2, 0) is 16.1 Å². The van der Waals surface area contributed by atoms with Crippen molar-refractivity contribution in [2.45, 2.75) is 32.6 Å². The van der Waals surface area contributed by atoms with Crippen LogP contribution >= 0.6 is 0 Å². The summed E-state index contributed by atoms with van der Waals surface area (Å²) in [5.41, 5.74) is 2.06. The van der Waals surface area contributed by atoms with Crippen LogP contribution in [0.3, 0.4) is 0 Å². The van der Waals surface area contributed by atoms with Crippen LogP contribution in [0.1, 0.15) is 16.7 Å². The molecule has 0 unspecified atom stereocenters. The maximum Gasteiger partial charge on any atom is 0.422 e. The first kappa shape index (κ1) is 19.5. The predicted octanol–water partition coefficient (Wildman–Crippen LogP) is 2.19. The van der Waals surface area contributed by atoms with Crippen molar-refractivity contribution in [1.82, 2.24) is 10.2 Å². The maximum atomic E-state index is 12.4. The summed E-state index contributed by atoms with van der Waals surface area (Å²) < 4.78 is 47.2. The van der Waals surface area contributed by atoms with Gasteiger partial charge >= 0.3 is 6.18 Å². The molecule has 0 radical (unpaired) electrons. The number of nitrogens with one attached hydrogen (secondary N) is 1. The summed E-state index contributed by atoms with van der Waals surface area (Å²) in [5, 5.41) is 3.11. The Morgan fingerprint density at radius 2 is 2.00 bits per heavy atom. The first-order valence-corrected chi connectivity index (χ1v) is 8.03. The summed E-state index contributed by atoms with van der Waals surface area (Å²) >= 11 is 0. The lowest BCUT2D eigenvalue weighted by molar-refractivity contribution is -0.153. The van der Waals surface area contributed by atoms with E-state index in [1.807, 2.05) is 0 Å². The summed E-state index contributed by atoms with van der Waals surface area (Å²) in [7, 11) is 1.69. The smallest absolute Gasteiger partial charge is 0.422 e. The quantitative estimate of drug-likeness (QED) is 0.875. The molecule has 140 valence electrons. The number of hydrogen-bond donors (Lipinski definition) is 1. The topological polar surface area (TPSA) is 50.8 Å². The van der Waals surface area contributed by atoms with Crippen molar-refractivity contribution in [3.8, 4) is 5.75 Å². The van der Waals surface area contributed by atoms with E-state index in [2.05, 4.69) is 5.32 Å². The molecule has 5 nitrogen and oxygen atoms in total. The highest BCUT2D eigenvalue weighted by atomic mass is 19.4. The number of carbonyl (C=O) groups excluding carboxylic acids is 1. The van der Waals surface area contributed by atoms with Crippen LogP contribution in [0.5, 0.6) is 5.75 Å². The van der Waals surface area contributed by atoms with E-state index in [1.54, 1.807) is 37.9 Å². The molecule has 2 rings (SSSR count). The second kappa shape index (κ2) is 8.05. The van der Waals surface area contributed by atoms with Gasteiger partial charge in [-0.1, -0.05) is 12.1 Å². The highest BCUT2D eigenvalue weighted by molar-refractivity contribution is 5.81. The molecule has 1 amide bonds. The van der Waals surface area contributed by atoms with Gasteiger partial charge in [-0.15, -0.1) is 0 Å². The van der Waals surface area contributed by atoms with Crippen LogP contribution in [-0.4, -0.2) is 56.4 Å². The first-order valence-electron chi connectivity index (χ1n) is 8.03. The average molecular weight is 360 g/mol. The van der Waals surface area contributed by atoms with Gasteiger partial charge in [-0.05, 0) is 30.5 Å². The fraction of sp³-hybridized carbons (Fsp3) is 0.588. The van der Waals surface area contributed by atoms with Crippen LogP contribution in [0.4, 0.5) is 13.2 Å². The molecule has 0 spiro atoms. The van der Waals surface area contributed by atoms with Gasteiger partial charge in [0.2, 0.25) is 5.91 Å². The summed E-state index contributed by atoms with van der Waals surface area (Å²) in [6.07, 6.45) is -4.38. The highest BCUT2D eigenvalue weighted by Gasteiger charge is 2.29. The standard InChI is InChI=1S/C17H23F3N2O3/c1-11-6-13(7-12(2)15(11)25-10-17(18,19)20)8-22(3)16(23)14-9-24-5-4-21-14/h6-7,14,21H,4-5,8-10H2,1-3H3/t14-/m1/s1. The van der Waals surface area contributed by atoms with Crippen LogP contribution in [0.2, 0.25) is 0 Å². The maximum absolute atomic E-state index is 12.4. The third kappa shape index (κ3) is 5.61. The third-order valence-electron chi connectivity index (χ3n) is 3.92. The summed E-state index contributed by atoms with van der Waals surface area (Å²) in [5.74, 6) is 0.157. The van der Waals surface area contributed by atoms with Crippen molar-refractivity contribution in [2.75, 3.05) is 33.4 Å². The fourth-order valence-electron chi connectivity index (χ4n) is 2.85. The van der Waals surface area contributed by atoms with E-state index < -0.39 is 12.8 Å². The molecule has 1 saturated heterocycles. The molecule has 1 aliphatic heterocycles. The van der Waals surface area contributed by atoms with Crippen LogP contribution in [0.15, 0.2) is 12.1 Å². The van der Waals surface area contributed by atoms with E-state index >= 15 is 0 Å². The van der Waals surface area contributed by atoms with Crippen molar-refractivity contribution in [3.05, 3.63) is 28.8 Å². The van der Waals surface area contributed by atoms with E-state index in [1.165, 1.54) is 0 Å². The Balaban J connectivity index is 2.03. The lowest BCUT2D eigenvalue weighted by atomic mass is 10.0. The van der Waals surface area contributed by atoms with Gasteiger partial charge in [-0.25, -0.2) is 0 Å². The molecule has 1 aromatic carbocycles. The molecule has 0 bridgehead atoms. The second-order valence-electron chi connectivity index (χ2n) is 6.24. The molecular formula is C17H23F3N2O3.